The van der Waals surface area contributed by atoms with Gasteiger partial charge in [0.05, 0.1) is 13.5 Å². The molecule has 2 rings (SSSR count). The molecule has 1 heterocycles. The summed E-state index contributed by atoms with van der Waals surface area (Å²) in [6, 6.07) is 7.71. The summed E-state index contributed by atoms with van der Waals surface area (Å²) < 4.78 is 5.30. The van der Waals surface area contributed by atoms with Gasteiger partial charge < -0.3 is 15.4 Å². The van der Waals surface area contributed by atoms with Crippen LogP contribution in [0.3, 0.4) is 0 Å². The van der Waals surface area contributed by atoms with Crippen molar-refractivity contribution in [2.45, 2.75) is 12.8 Å². The molecular formula is C16H25N3O2. The number of hydrogen-bond acceptors (Lipinski definition) is 4. The minimum atomic E-state index is 0.179. The largest absolute Gasteiger partial charge is 0.496 e. The number of hydrogen-bond donors (Lipinski definition) is 1. The predicted octanol–water partition coefficient (Wildman–Crippen LogP) is 0.731. The number of amides is 1. The van der Waals surface area contributed by atoms with Crippen molar-refractivity contribution in [3.05, 3.63) is 29.8 Å². The van der Waals surface area contributed by atoms with Crippen LogP contribution in [-0.2, 0) is 11.2 Å². The van der Waals surface area contributed by atoms with Crippen molar-refractivity contribution < 1.29 is 9.53 Å². The number of nitrogens with two attached hydrogens (primary N) is 1. The highest BCUT2D eigenvalue weighted by molar-refractivity contribution is 5.79. The Labute approximate surface area is 126 Å². The van der Waals surface area contributed by atoms with Crippen molar-refractivity contribution in [2.24, 2.45) is 5.73 Å². The van der Waals surface area contributed by atoms with Crippen LogP contribution in [0.2, 0.25) is 0 Å². The summed E-state index contributed by atoms with van der Waals surface area (Å²) in [4.78, 5) is 16.7. The van der Waals surface area contributed by atoms with E-state index in [1.54, 1.807) is 7.11 Å². The van der Waals surface area contributed by atoms with E-state index in [1.807, 2.05) is 29.2 Å². The third kappa shape index (κ3) is 4.44. The zero-order valence-corrected chi connectivity index (χ0v) is 12.8. The molecule has 0 atom stereocenters. The fourth-order valence-electron chi connectivity index (χ4n) is 2.66. The first-order chi connectivity index (χ1) is 10.2. The molecule has 116 valence electrons. The van der Waals surface area contributed by atoms with E-state index in [4.69, 9.17) is 10.5 Å². The third-order valence-corrected chi connectivity index (χ3v) is 3.94. The first-order valence-corrected chi connectivity index (χ1v) is 7.56. The molecule has 5 nitrogen and oxygen atoms in total. The molecule has 0 radical (unpaired) electrons. The SMILES string of the molecule is COc1ccccc1CC(=O)N1CCN(CCCN)CC1. The number of rotatable bonds is 6. The highest BCUT2D eigenvalue weighted by Gasteiger charge is 2.21. The van der Waals surface area contributed by atoms with Crippen LogP contribution in [-0.4, -0.2) is 62.1 Å². The molecule has 1 aromatic carbocycles. The van der Waals surface area contributed by atoms with E-state index in [-0.39, 0.29) is 5.91 Å². The first kappa shape index (κ1) is 15.8. The number of nitrogens with zero attached hydrogens (tertiary/aromatic N) is 2. The molecule has 1 aliphatic rings. The van der Waals surface area contributed by atoms with Crippen molar-refractivity contribution in [1.29, 1.82) is 0 Å². The highest BCUT2D eigenvalue weighted by Crippen LogP contribution is 2.18. The van der Waals surface area contributed by atoms with E-state index in [2.05, 4.69) is 4.90 Å². The van der Waals surface area contributed by atoms with Crippen molar-refractivity contribution in [1.82, 2.24) is 9.80 Å². The normalized spacial score (nSPS) is 16.0. The quantitative estimate of drug-likeness (QED) is 0.839. The maximum absolute atomic E-state index is 12.4. The molecule has 1 aromatic rings. The van der Waals surface area contributed by atoms with Gasteiger partial charge in [0.25, 0.3) is 0 Å². The van der Waals surface area contributed by atoms with Crippen molar-refractivity contribution in [3.63, 3.8) is 0 Å². The Bertz CT molecular complexity index is 457. The third-order valence-electron chi connectivity index (χ3n) is 3.94. The zero-order valence-electron chi connectivity index (χ0n) is 12.8. The highest BCUT2D eigenvalue weighted by atomic mass is 16.5. The lowest BCUT2D eigenvalue weighted by molar-refractivity contribution is -0.132. The smallest absolute Gasteiger partial charge is 0.227 e. The Kier molecular flexibility index (Phi) is 6.02. The second kappa shape index (κ2) is 8.00. The molecule has 1 amide bonds. The number of benzene rings is 1. The summed E-state index contributed by atoms with van der Waals surface area (Å²) in [6.45, 7) is 5.25. The van der Waals surface area contributed by atoms with E-state index in [0.29, 0.717) is 6.42 Å². The summed E-state index contributed by atoms with van der Waals surface area (Å²) in [7, 11) is 1.64. The van der Waals surface area contributed by atoms with Crippen molar-refractivity contribution in [2.75, 3.05) is 46.4 Å². The first-order valence-electron chi connectivity index (χ1n) is 7.56. The van der Waals surface area contributed by atoms with Crippen LogP contribution in [0.25, 0.3) is 0 Å². The molecule has 1 fully saturated rings. The Hall–Kier alpha value is -1.59. The lowest BCUT2D eigenvalue weighted by Crippen LogP contribution is -2.49. The molecule has 0 aliphatic carbocycles. The van der Waals surface area contributed by atoms with E-state index in [1.165, 1.54) is 0 Å². The van der Waals surface area contributed by atoms with Gasteiger partial charge in [-0.15, -0.1) is 0 Å². The van der Waals surface area contributed by atoms with Gasteiger partial charge in [-0.2, -0.15) is 0 Å². The van der Waals surface area contributed by atoms with Crippen LogP contribution in [0.1, 0.15) is 12.0 Å². The lowest BCUT2D eigenvalue weighted by Gasteiger charge is -2.34. The second-order valence-electron chi connectivity index (χ2n) is 5.35. The fraction of sp³-hybridized carbons (Fsp3) is 0.562. The Morgan fingerprint density at radius 1 is 1.24 bits per heavy atom. The number of piperazine rings is 1. The molecule has 0 aromatic heterocycles. The number of carbonyl (C=O) groups excluding carboxylic acids is 1. The Morgan fingerprint density at radius 3 is 2.62 bits per heavy atom. The Balaban J connectivity index is 1.85. The van der Waals surface area contributed by atoms with Gasteiger partial charge in [-0.05, 0) is 25.6 Å². The molecular weight excluding hydrogens is 266 g/mol. The molecule has 1 saturated heterocycles. The minimum absolute atomic E-state index is 0.179. The van der Waals surface area contributed by atoms with Crippen LogP contribution < -0.4 is 10.5 Å². The van der Waals surface area contributed by atoms with Crippen LogP contribution >= 0.6 is 0 Å². The van der Waals surface area contributed by atoms with Gasteiger partial charge in [-0.3, -0.25) is 9.69 Å². The van der Waals surface area contributed by atoms with Crippen LogP contribution in [0.5, 0.6) is 5.75 Å². The monoisotopic (exact) mass is 291 g/mol. The average molecular weight is 291 g/mol. The number of para-hydroxylation sites is 1. The van der Waals surface area contributed by atoms with Crippen molar-refractivity contribution >= 4 is 5.91 Å². The molecule has 0 unspecified atom stereocenters. The van der Waals surface area contributed by atoms with Gasteiger partial charge in [-0.25, -0.2) is 0 Å². The minimum Gasteiger partial charge on any atom is -0.496 e. The summed E-state index contributed by atoms with van der Waals surface area (Å²) in [5.41, 5.74) is 6.49. The molecule has 1 aliphatic heterocycles. The summed E-state index contributed by atoms with van der Waals surface area (Å²) in [6.07, 6.45) is 1.43. The molecule has 0 saturated carbocycles. The average Bonchev–Trinajstić information content (AvgIpc) is 2.54. The molecule has 0 spiro atoms. The Morgan fingerprint density at radius 2 is 1.95 bits per heavy atom. The predicted molar refractivity (Wildman–Crippen MR) is 83.4 cm³/mol. The van der Waals surface area contributed by atoms with Gasteiger partial charge in [0.1, 0.15) is 5.75 Å². The van der Waals surface area contributed by atoms with Gasteiger partial charge in [0, 0.05) is 31.7 Å². The molecule has 5 heteroatoms. The maximum Gasteiger partial charge on any atom is 0.227 e. The van der Waals surface area contributed by atoms with Crippen molar-refractivity contribution in [3.8, 4) is 5.75 Å². The van der Waals surface area contributed by atoms with Gasteiger partial charge >= 0.3 is 0 Å². The summed E-state index contributed by atoms with van der Waals surface area (Å²) in [5, 5.41) is 0. The summed E-state index contributed by atoms with van der Waals surface area (Å²) in [5.74, 6) is 0.963. The van der Waals surface area contributed by atoms with Gasteiger partial charge in [0.15, 0.2) is 0 Å². The molecule has 2 N–H and O–H groups in total. The number of ether oxygens (including phenoxy) is 1. The van der Waals surface area contributed by atoms with E-state index >= 15 is 0 Å². The maximum atomic E-state index is 12.4. The fourth-order valence-corrected chi connectivity index (χ4v) is 2.66. The molecule has 21 heavy (non-hydrogen) atoms. The summed E-state index contributed by atoms with van der Waals surface area (Å²) >= 11 is 0. The van der Waals surface area contributed by atoms with Gasteiger partial charge in [0.2, 0.25) is 5.91 Å². The van der Waals surface area contributed by atoms with Crippen LogP contribution in [0.4, 0.5) is 0 Å². The van der Waals surface area contributed by atoms with Crippen LogP contribution in [0, 0.1) is 0 Å². The lowest BCUT2D eigenvalue weighted by atomic mass is 10.1. The standard InChI is InChI=1S/C16H25N3O2/c1-21-15-6-3-2-5-14(15)13-16(20)19-11-9-18(10-12-19)8-4-7-17/h2-3,5-6H,4,7-13,17H2,1H3. The topological polar surface area (TPSA) is 58.8 Å². The van der Waals surface area contributed by atoms with Crippen LogP contribution in [0.15, 0.2) is 24.3 Å². The number of carbonyl (C=O) groups is 1. The van der Waals surface area contributed by atoms with E-state index < -0.39 is 0 Å². The molecule has 0 bridgehead atoms. The second-order valence-corrected chi connectivity index (χ2v) is 5.35. The zero-order chi connectivity index (χ0) is 15.1. The van der Waals surface area contributed by atoms with E-state index in [9.17, 15) is 4.79 Å². The van der Waals surface area contributed by atoms with E-state index in [0.717, 1.165) is 57.0 Å². The number of methoxy groups -OCH3 is 1. The van der Waals surface area contributed by atoms with Gasteiger partial charge in [-0.1, -0.05) is 18.2 Å².